The third kappa shape index (κ3) is 4.13. The van der Waals surface area contributed by atoms with Crippen LogP contribution in [0.3, 0.4) is 0 Å². The molecule has 0 bridgehead atoms. The van der Waals surface area contributed by atoms with Gasteiger partial charge in [-0.05, 0) is 45.3 Å². The zero-order valence-electron chi connectivity index (χ0n) is 10.0. The van der Waals surface area contributed by atoms with Gasteiger partial charge in [0.1, 0.15) is 6.61 Å². The second kappa shape index (κ2) is 6.90. The van der Waals surface area contributed by atoms with Crippen LogP contribution >= 0.6 is 0 Å². The van der Waals surface area contributed by atoms with E-state index >= 15 is 0 Å². The van der Waals surface area contributed by atoms with Crippen molar-refractivity contribution in [3.63, 3.8) is 0 Å². The molecule has 1 N–H and O–H groups in total. The van der Waals surface area contributed by atoms with E-state index in [1.807, 2.05) is 0 Å². The second-order valence-electron chi connectivity index (χ2n) is 4.62. The van der Waals surface area contributed by atoms with E-state index < -0.39 is 0 Å². The Bertz CT molecular complexity index is 244. The molecule has 0 spiro atoms. The SMILES string of the molecule is C(#CCN1CCCC1)COC1CCCNC1. The Hall–Kier alpha value is -0.560. The minimum atomic E-state index is 0.384. The average molecular weight is 222 g/mol. The maximum Gasteiger partial charge on any atom is 0.108 e. The maximum absolute atomic E-state index is 5.69. The van der Waals surface area contributed by atoms with Crippen molar-refractivity contribution < 1.29 is 4.74 Å². The lowest BCUT2D eigenvalue weighted by molar-refractivity contribution is 0.0590. The van der Waals surface area contributed by atoms with Crippen molar-refractivity contribution in [3.05, 3.63) is 0 Å². The van der Waals surface area contributed by atoms with Crippen molar-refractivity contribution >= 4 is 0 Å². The van der Waals surface area contributed by atoms with Gasteiger partial charge in [0.15, 0.2) is 0 Å². The first-order valence-corrected chi connectivity index (χ1v) is 6.45. The van der Waals surface area contributed by atoms with Gasteiger partial charge in [-0.1, -0.05) is 11.8 Å². The molecule has 0 aromatic carbocycles. The predicted octanol–water partition coefficient (Wildman–Crippen LogP) is 0.854. The number of ether oxygens (including phenoxy) is 1. The first-order chi connectivity index (χ1) is 7.95. The van der Waals surface area contributed by atoms with Gasteiger partial charge in [0.25, 0.3) is 0 Å². The van der Waals surface area contributed by atoms with Gasteiger partial charge in [0, 0.05) is 6.54 Å². The molecule has 0 radical (unpaired) electrons. The molecule has 0 saturated carbocycles. The van der Waals surface area contributed by atoms with Crippen LogP contribution in [0.5, 0.6) is 0 Å². The van der Waals surface area contributed by atoms with Crippen LogP contribution in [-0.4, -0.2) is 50.3 Å². The summed E-state index contributed by atoms with van der Waals surface area (Å²) >= 11 is 0. The summed E-state index contributed by atoms with van der Waals surface area (Å²) in [4.78, 5) is 2.41. The Morgan fingerprint density at radius 3 is 2.81 bits per heavy atom. The fourth-order valence-electron chi connectivity index (χ4n) is 2.28. The number of likely N-dealkylation sites (tertiary alicyclic amines) is 1. The molecular formula is C13H22N2O. The van der Waals surface area contributed by atoms with Crippen molar-refractivity contribution in [2.24, 2.45) is 0 Å². The largest absolute Gasteiger partial charge is 0.364 e. The Balaban J connectivity index is 1.54. The lowest BCUT2D eigenvalue weighted by Gasteiger charge is -2.21. The highest BCUT2D eigenvalue weighted by atomic mass is 16.5. The normalized spacial score (nSPS) is 26.4. The number of rotatable bonds is 3. The van der Waals surface area contributed by atoms with Crippen molar-refractivity contribution in [1.29, 1.82) is 0 Å². The highest BCUT2D eigenvalue weighted by molar-refractivity contribution is 5.02. The van der Waals surface area contributed by atoms with Crippen LogP contribution < -0.4 is 5.32 Å². The molecule has 2 aliphatic heterocycles. The molecule has 1 unspecified atom stereocenters. The summed E-state index contributed by atoms with van der Waals surface area (Å²) in [6, 6.07) is 0. The molecular weight excluding hydrogens is 200 g/mol. The number of hydrogen-bond donors (Lipinski definition) is 1. The van der Waals surface area contributed by atoms with Crippen molar-refractivity contribution in [2.75, 3.05) is 39.3 Å². The first kappa shape index (κ1) is 11.9. The zero-order valence-corrected chi connectivity index (χ0v) is 10.0. The molecule has 3 heteroatoms. The molecule has 2 saturated heterocycles. The van der Waals surface area contributed by atoms with Gasteiger partial charge in [-0.15, -0.1) is 0 Å². The fourth-order valence-corrected chi connectivity index (χ4v) is 2.28. The van der Waals surface area contributed by atoms with E-state index in [0.29, 0.717) is 12.7 Å². The molecule has 0 aromatic rings. The van der Waals surface area contributed by atoms with Crippen molar-refractivity contribution in [3.8, 4) is 11.8 Å². The van der Waals surface area contributed by atoms with Crippen molar-refractivity contribution in [2.45, 2.75) is 31.8 Å². The molecule has 3 nitrogen and oxygen atoms in total. The highest BCUT2D eigenvalue weighted by Gasteiger charge is 2.12. The fraction of sp³-hybridized carbons (Fsp3) is 0.846. The van der Waals surface area contributed by atoms with Crippen LogP contribution in [0.4, 0.5) is 0 Å². The Labute approximate surface area is 98.5 Å². The van der Waals surface area contributed by atoms with E-state index in [4.69, 9.17) is 4.74 Å². The lowest BCUT2D eigenvalue weighted by Crippen LogP contribution is -2.35. The number of nitrogens with one attached hydrogen (secondary N) is 1. The van der Waals surface area contributed by atoms with Crippen molar-refractivity contribution in [1.82, 2.24) is 10.2 Å². The topological polar surface area (TPSA) is 24.5 Å². The monoisotopic (exact) mass is 222 g/mol. The molecule has 2 heterocycles. The van der Waals surface area contributed by atoms with Gasteiger partial charge < -0.3 is 10.1 Å². The van der Waals surface area contributed by atoms with E-state index in [-0.39, 0.29) is 0 Å². The molecule has 90 valence electrons. The minimum absolute atomic E-state index is 0.384. The number of nitrogens with zero attached hydrogens (tertiary/aromatic N) is 1. The quantitative estimate of drug-likeness (QED) is 0.717. The van der Waals surface area contributed by atoms with Crippen LogP contribution in [0.25, 0.3) is 0 Å². The summed E-state index contributed by atoms with van der Waals surface area (Å²) in [5.41, 5.74) is 0. The Kier molecular flexibility index (Phi) is 5.14. The van der Waals surface area contributed by atoms with E-state index in [2.05, 4.69) is 22.1 Å². The summed E-state index contributed by atoms with van der Waals surface area (Å²) < 4.78 is 5.69. The van der Waals surface area contributed by atoms with E-state index in [1.165, 1.54) is 38.8 Å². The maximum atomic E-state index is 5.69. The molecule has 2 fully saturated rings. The van der Waals surface area contributed by atoms with Crippen LogP contribution in [-0.2, 0) is 4.74 Å². The van der Waals surface area contributed by atoms with Gasteiger partial charge in [-0.2, -0.15) is 0 Å². The smallest absolute Gasteiger partial charge is 0.108 e. The van der Waals surface area contributed by atoms with E-state index in [0.717, 1.165) is 19.6 Å². The summed E-state index contributed by atoms with van der Waals surface area (Å²) in [6.07, 6.45) is 5.47. The molecule has 1 atom stereocenters. The molecule has 0 aliphatic carbocycles. The molecule has 2 rings (SSSR count). The third-order valence-electron chi connectivity index (χ3n) is 3.27. The molecule has 0 amide bonds. The van der Waals surface area contributed by atoms with Crippen LogP contribution in [0.2, 0.25) is 0 Å². The van der Waals surface area contributed by atoms with Gasteiger partial charge in [0.05, 0.1) is 12.6 Å². The summed E-state index contributed by atoms with van der Waals surface area (Å²) in [5, 5.41) is 3.34. The van der Waals surface area contributed by atoms with Crippen LogP contribution in [0.15, 0.2) is 0 Å². The molecule has 0 aromatic heterocycles. The molecule has 16 heavy (non-hydrogen) atoms. The molecule has 2 aliphatic rings. The highest BCUT2D eigenvalue weighted by Crippen LogP contribution is 2.06. The Morgan fingerprint density at radius 1 is 1.19 bits per heavy atom. The Morgan fingerprint density at radius 2 is 2.06 bits per heavy atom. The summed E-state index contributed by atoms with van der Waals surface area (Å²) in [5.74, 6) is 6.32. The van der Waals surface area contributed by atoms with E-state index in [1.54, 1.807) is 0 Å². The minimum Gasteiger partial charge on any atom is -0.364 e. The van der Waals surface area contributed by atoms with Gasteiger partial charge in [0.2, 0.25) is 0 Å². The van der Waals surface area contributed by atoms with Crippen LogP contribution in [0, 0.1) is 11.8 Å². The van der Waals surface area contributed by atoms with Gasteiger partial charge >= 0.3 is 0 Å². The first-order valence-electron chi connectivity index (χ1n) is 6.45. The zero-order chi connectivity index (χ0) is 11.1. The number of hydrogen-bond acceptors (Lipinski definition) is 3. The summed E-state index contributed by atoms with van der Waals surface area (Å²) in [6.45, 7) is 6.10. The van der Waals surface area contributed by atoms with Gasteiger partial charge in [-0.3, -0.25) is 4.90 Å². The standard InChI is InChI=1S/C13H22N2O/c1-2-9-15(8-1)10-3-4-11-16-13-6-5-7-14-12-13/h13-14H,1-2,5-12H2. The van der Waals surface area contributed by atoms with Crippen LogP contribution in [0.1, 0.15) is 25.7 Å². The predicted molar refractivity (Wildman–Crippen MR) is 65.3 cm³/mol. The summed E-state index contributed by atoms with van der Waals surface area (Å²) in [7, 11) is 0. The number of piperidine rings is 1. The lowest BCUT2D eigenvalue weighted by atomic mass is 10.1. The average Bonchev–Trinajstić information content (AvgIpc) is 2.83. The van der Waals surface area contributed by atoms with E-state index in [9.17, 15) is 0 Å². The van der Waals surface area contributed by atoms with Gasteiger partial charge in [-0.25, -0.2) is 0 Å². The third-order valence-corrected chi connectivity index (χ3v) is 3.27. The second-order valence-corrected chi connectivity index (χ2v) is 4.62.